The summed E-state index contributed by atoms with van der Waals surface area (Å²) < 4.78 is 0. The molecule has 0 bridgehead atoms. The quantitative estimate of drug-likeness (QED) is 0.513. The lowest BCUT2D eigenvalue weighted by atomic mass is 10.1. The zero-order chi connectivity index (χ0) is 17.7. The number of nitrogens with one attached hydrogen (secondary N) is 1. The molecule has 2 aromatic rings. The fraction of sp³-hybridized carbons (Fsp3) is 0.0625. The van der Waals surface area contributed by atoms with Crippen LogP contribution in [0.3, 0.4) is 0 Å². The van der Waals surface area contributed by atoms with Crippen molar-refractivity contribution in [2.45, 2.75) is 6.92 Å². The molecular weight excluding hydrogens is 314 g/mol. The molecule has 0 aliphatic carbocycles. The molecule has 0 atom stereocenters. The van der Waals surface area contributed by atoms with Gasteiger partial charge in [-0.3, -0.25) is 25.0 Å². The summed E-state index contributed by atoms with van der Waals surface area (Å²) in [5.74, 6) is -0.446. The smallest absolute Gasteiger partial charge is 0.270 e. The zero-order valence-electron chi connectivity index (χ0n) is 12.6. The van der Waals surface area contributed by atoms with Crippen LogP contribution in [0, 0.1) is 27.2 Å². The number of nitro groups is 2. The van der Waals surface area contributed by atoms with Gasteiger partial charge < -0.3 is 5.32 Å². The number of rotatable bonds is 5. The van der Waals surface area contributed by atoms with Crippen LogP contribution in [-0.4, -0.2) is 15.8 Å². The van der Waals surface area contributed by atoms with Gasteiger partial charge in [0.25, 0.3) is 11.4 Å². The lowest BCUT2D eigenvalue weighted by molar-refractivity contribution is -0.385. The summed E-state index contributed by atoms with van der Waals surface area (Å²) in [6, 6.07) is 9.97. The predicted molar refractivity (Wildman–Crippen MR) is 88.6 cm³/mol. The highest BCUT2D eigenvalue weighted by Crippen LogP contribution is 2.21. The Morgan fingerprint density at radius 3 is 2.33 bits per heavy atom. The second-order valence-electron chi connectivity index (χ2n) is 4.93. The molecule has 0 aliphatic rings. The molecule has 0 aliphatic heterocycles. The highest BCUT2D eigenvalue weighted by Gasteiger charge is 2.09. The zero-order valence-corrected chi connectivity index (χ0v) is 12.6. The number of nitro benzene ring substituents is 2. The molecule has 0 spiro atoms. The van der Waals surface area contributed by atoms with Gasteiger partial charge in [0, 0.05) is 36.0 Å². The molecule has 2 rings (SSSR count). The van der Waals surface area contributed by atoms with Gasteiger partial charge in [-0.2, -0.15) is 0 Å². The summed E-state index contributed by atoms with van der Waals surface area (Å²) in [6.07, 6.45) is 2.68. The second-order valence-corrected chi connectivity index (χ2v) is 4.93. The van der Waals surface area contributed by atoms with Crippen molar-refractivity contribution in [3.63, 3.8) is 0 Å². The van der Waals surface area contributed by atoms with E-state index in [0.29, 0.717) is 16.8 Å². The van der Waals surface area contributed by atoms with E-state index in [1.54, 1.807) is 13.0 Å². The van der Waals surface area contributed by atoms with Crippen molar-refractivity contribution in [3.8, 4) is 0 Å². The van der Waals surface area contributed by atoms with E-state index in [1.165, 1.54) is 48.6 Å². The van der Waals surface area contributed by atoms with E-state index in [-0.39, 0.29) is 11.4 Å². The molecule has 122 valence electrons. The van der Waals surface area contributed by atoms with Gasteiger partial charge in [-0.05, 0) is 30.2 Å². The average Bonchev–Trinajstić information content (AvgIpc) is 2.55. The van der Waals surface area contributed by atoms with Gasteiger partial charge in [-0.25, -0.2) is 0 Å². The molecular formula is C16H13N3O5. The number of hydrogen-bond donors (Lipinski definition) is 1. The number of amides is 1. The summed E-state index contributed by atoms with van der Waals surface area (Å²) >= 11 is 0. The van der Waals surface area contributed by atoms with Crippen LogP contribution in [0.2, 0.25) is 0 Å². The monoisotopic (exact) mass is 327 g/mol. The number of non-ortho nitro benzene ring substituents is 2. The lowest BCUT2D eigenvalue weighted by Gasteiger charge is -2.05. The SMILES string of the molecule is Cc1cc([N+](=O)[O-])ccc1NC(=O)C=Cc1cccc([N+](=O)[O-])c1. The van der Waals surface area contributed by atoms with E-state index >= 15 is 0 Å². The Bertz CT molecular complexity index is 845. The van der Waals surface area contributed by atoms with Crippen LogP contribution in [0.1, 0.15) is 11.1 Å². The van der Waals surface area contributed by atoms with Crippen molar-refractivity contribution in [1.29, 1.82) is 0 Å². The summed E-state index contributed by atoms with van der Waals surface area (Å²) in [6.45, 7) is 1.65. The maximum Gasteiger partial charge on any atom is 0.270 e. The minimum atomic E-state index is -0.516. The highest BCUT2D eigenvalue weighted by atomic mass is 16.6. The largest absolute Gasteiger partial charge is 0.322 e. The lowest BCUT2D eigenvalue weighted by Crippen LogP contribution is -2.09. The molecule has 0 unspecified atom stereocenters. The number of carbonyl (C=O) groups excluding carboxylic acids is 1. The topological polar surface area (TPSA) is 115 Å². The normalized spacial score (nSPS) is 10.5. The number of hydrogen-bond acceptors (Lipinski definition) is 5. The third-order valence-electron chi connectivity index (χ3n) is 3.19. The molecule has 8 heteroatoms. The van der Waals surface area contributed by atoms with Crippen molar-refractivity contribution < 1.29 is 14.6 Å². The number of carbonyl (C=O) groups is 1. The Balaban J connectivity index is 2.09. The number of anilines is 1. The molecule has 8 nitrogen and oxygen atoms in total. The first-order valence-corrected chi connectivity index (χ1v) is 6.85. The van der Waals surface area contributed by atoms with Gasteiger partial charge >= 0.3 is 0 Å². The van der Waals surface area contributed by atoms with Gasteiger partial charge in [0.05, 0.1) is 9.85 Å². The Hall–Kier alpha value is -3.55. The van der Waals surface area contributed by atoms with Gasteiger partial charge in [-0.15, -0.1) is 0 Å². The maximum atomic E-state index is 11.9. The van der Waals surface area contributed by atoms with E-state index in [1.807, 2.05) is 0 Å². The van der Waals surface area contributed by atoms with Crippen LogP contribution < -0.4 is 5.32 Å². The van der Waals surface area contributed by atoms with Crippen LogP contribution in [0.15, 0.2) is 48.5 Å². The molecule has 1 amide bonds. The van der Waals surface area contributed by atoms with Crippen LogP contribution in [-0.2, 0) is 4.79 Å². The fourth-order valence-electron chi connectivity index (χ4n) is 1.99. The molecule has 0 radical (unpaired) electrons. The Labute approximate surface area is 136 Å². The molecule has 0 saturated carbocycles. The summed E-state index contributed by atoms with van der Waals surface area (Å²) in [7, 11) is 0. The molecule has 0 heterocycles. The molecule has 0 saturated heterocycles. The van der Waals surface area contributed by atoms with Crippen LogP contribution >= 0.6 is 0 Å². The van der Waals surface area contributed by atoms with Crippen molar-refractivity contribution in [3.05, 3.63) is 79.9 Å². The van der Waals surface area contributed by atoms with Crippen molar-refractivity contribution in [2.75, 3.05) is 5.32 Å². The minimum absolute atomic E-state index is 0.0577. The summed E-state index contributed by atoms with van der Waals surface area (Å²) in [4.78, 5) is 32.3. The third-order valence-corrected chi connectivity index (χ3v) is 3.19. The van der Waals surface area contributed by atoms with Crippen molar-refractivity contribution in [2.24, 2.45) is 0 Å². The Morgan fingerprint density at radius 1 is 1.04 bits per heavy atom. The first kappa shape index (κ1) is 16.8. The molecule has 24 heavy (non-hydrogen) atoms. The van der Waals surface area contributed by atoms with E-state index in [0.717, 1.165) is 0 Å². The molecule has 0 aromatic heterocycles. The van der Waals surface area contributed by atoms with E-state index in [9.17, 15) is 25.0 Å². The first-order chi connectivity index (χ1) is 11.4. The number of nitrogens with zero attached hydrogens (tertiary/aromatic N) is 2. The van der Waals surface area contributed by atoms with E-state index in [2.05, 4.69) is 5.32 Å². The van der Waals surface area contributed by atoms with Crippen LogP contribution in [0.25, 0.3) is 6.08 Å². The van der Waals surface area contributed by atoms with Gasteiger partial charge in [0.2, 0.25) is 5.91 Å². The fourth-order valence-corrected chi connectivity index (χ4v) is 1.99. The van der Waals surface area contributed by atoms with Crippen molar-refractivity contribution in [1.82, 2.24) is 0 Å². The number of aryl methyl sites for hydroxylation is 1. The predicted octanol–water partition coefficient (Wildman–Crippen LogP) is 3.46. The minimum Gasteiger partial charge on any atom is -0.322 e. The Morgan fingerprint density at radius 2 is 1.71 bits per heavy atom. The maximum absolute atomic E-state index is 11.9. The standard InChI is InChI=1S/C16H13N3O5/c1-11-9-14(19(23)24)6-7-15(11)17-16(20)8-5-12-3-2-4-13(10-12)18(21)22/h2-10H,1H3,(H,17,20). The summed E-state index contributed by atoms with van der Waals surface area (Å²) in [5, 5.41) is 24.0. The summed E-state index contributed by atoms with van der Waals surface area (Å²) in [5.41, 5.74) is 1.40. The second kappa shape index (κ2) is 7.14. The van der Waals surface area contributed by atoms with Gasteiger partial charge in [0.1, 0.15) is 0 Å². The van der Waals surface area contributed by atoms with Crippen molar-refractivity contribution >= 4 is 29.0 Å². The van der Waals surface area contributed by atoms with E-state index < -0.39 is 15.8 Å². The van der Waals surface area contributed by atoms with Gasteiger partial charge in [-0.1, -0.05) is 12.1 Å². The average molecular weight is 327 g/mol. The molecule has 0 fully saturated rings. The first-order valence-electron chi connectivity index (χ1n) is 6.85. The molecule has 1 N–H and O–H groups in total. The third kappa shape index (κ3) is 4.23. The molecule has 2 aromatic carbocycles. The highest BCUT2D eigenvalue weighted by molar-refractivity contribution is 6.02. The van der Waals surface area contributed by atoms with Crippen LogP contribution in [0.4, 0.5) is 17.1 Å². The Kier molecular flexibility index (Phi) is 5.00. The van der Waals surface area contributed by atoms with Gasteiger partial charge in [0.15, 0.2) is 0 Å². The van der Waals surface area contributed by atoms with Crippen LogP contribution in [0.5, 0.6) is 0 Å². The van der Waals surface area contributed by atoms with E-state index in [4.69, 9.17) is 0 Å². The number of benzene rings is 2.